The summed E-state index contributed by atoms with van der Waals surface area (Å²) in [6.45, 7) is 3.71. The third-order valence-electron chi connectivity index (χ3n) is 10.3. The van der Waals surface area contributed by atoms with Crippen molar-refractivity contribution < 1.29 is 49.3 Å². The number of hydrogen-bond acceptors (Lipinski definition) is 3. The zero-order chi connectivity index (χ0) is 34.5. The second-order valence-electron chi connectivity index (χ2n) is 13.7. The minimum absolute atomic E-state index is 0.143. The quantitative estimate of drug-likeness (QED) is 0.174. The van der Waals surface area contributed by atoms with Gasteiger partial charge in [0.05, 0.1) is 19.1 Å². The van der Waals surface area contributed by atoms with Crippen LogP contribution in [0.5, 0.6) is 5.75 Å². The summed E-state index contributed by atoms with van der Waals surface area (Å²) in [5.41, 5.74) is -1.56. The van der Waals surface area contributed by atoms with Crippen molar-refractivity contribution in [1.29, 1.82) is 0 Å². The van der Waals surface area contributed by atoms with Crippen molar-refractivity contribution in [2.45, 2.75) is 103 Å². The largest absolute Gasteiger partial charge is 0.432 e. The van der Waals surface area contributed by atoms with Gasteiger partial charge in [0.1, 0.15) is 23.2 Å². The molecule has 3 fully saturated rings. The van der Waals surface area contributed by atoms with Crippen LogP contribution in [0.15, 0.2) is 36.4 Å². The van der Waals surface area contributed by atoms with Gasteiger partial charge in [0.15, 0.2) is 6.29 Å². The summed E-state index contributed by atoms with van der Waals surface area (Å²) in [6.07, 6.45) is 2.19. The number of benzene rings is 2. The van der Waals surface area contributed by atoms with Crippen LogP contribution in [0.3, 0.4) is 0 Å². The molecule has 266 valence electrons. The van der Waals surface area contributed by atoms with Gasteiger partial charge in [-0.25, -0.2) is 13.2 Å². The van der Waals surface area contributed by atoms with Gasteiger partial charge in [-0.2, -0.15) is 22.0 Å². The highest BCUT2D eigenvalue weighted by atomic mass is 19.4. The summed E-state index contributed by atoms with van der Waals surface area (Å²) >= 11 is 0. The van der Waals surface area contributed by atoms with Crippen LogP contribution in [0.2, 0.25) is 0 Å². The van der Waals surface area contributed by atoms with Crippen LogP contribution < -0.4 is 4.74 Å². The molecule has 48 heavy (non-hydrogen) atoms. The fourth-order valence-corrected chi connectivity index (χ4v) is 7.61. The van der Waals surface area contributed by atoms with Crippen molar-refractivity contribution in [3.8, 4) is 16.9 Å². The van der Waals surface area contributed by atoms with Crippen LogP contribution in [0, 0.1) is 47.0 Å². The number of halogens is 8. The number of hydrogen-bond donors (Lipinski definition) is 0. The number of alkyl halides is 5. The normalized spacial score (nSPS) is 27.4. The first kappa shape index (κ1) is 36.6. The molecule has 2 aromatic rings. The average Bonchev–Trinajstić information content (AvgIpc) is 3.04. The van der Waals surface area contributed by atoms with Crippen molar-refractivity contribution in [3.05, 3.63) is 59.4 Å². The fourth-order valence-electron chi connectivity index (χ4n) is 7.61. The number of unbranched alkanes of at least 4 members (excludes halogenated alkanes) is 2. The summed E-state index contributed by atoms with van der Waals surface area (Å²) in [4.78, 5) is 0. The summed E-state index contributed by atoms with van der Waals surface area (Å²) in [7, 11) is 0. The zero-order valence-electron chi connectivity index (χ0n) is 27.2. The smallest absolute Gasteiger partial charge is 0.409 e. The zero-order valence-corrected chi connectivity index (χ0v) is 27.2. The fraction of sp³-hybridized carbons (Fsp3) is 0.622. The van der Waals surface area contributed by atoms with Crippen LogP contribution in [-0.2, 0) is 9.47 Å². The highest BCUT2D eigenvalue weighted by Crippen LogP contribution is 2.46. The Labute approximate surface area is 277 Å². The molecule has 3 aliphatic rings. The predicted molar refractivity (Wildman–Crippen MR) is 167 cm³/mol. The second-order valence-corrected chi connectivity index (χ2v) is 13.7. The topological polar surface area (TPSA) is 27.7 Å². The molecule has 1 aliphatic heterocycles. The molecule has 0 bridgehead atoms. The van der Waals surface area contributed by atoms with Gasteiger partial charge in [0.25, 0.3) is 0 Å². The molecular formula is C37H44F8O3. The molecule has 3 nitrogen and oxygen atoms in total. The maximum atomic E-state index is 15.2. The van der Waals surface area contributed by atoms with E-state index in [9.17, 15) is 26.3 Å². The highest BCUT2D eigenvalue weighted by molar-refractivity contribution is 5.68. The lowest BCUT2D eigenvalue weighted by atomic mass is 9.69. The van der Waals surface area contributed by atoms with E-state index < -0.39 is 47.0 Å². The van der Waals surface area contributed by atoms with E-state index >= 15 is 8.78 Å². The Hall–Kier alpha value is -2.66. The Morgan fingerprint density at radius 3 is 1.90 bits per heavy atom. The van der Waals surface area contributed by atoms with Gasteiger partial charge < -0.3 is 14.2 Å². The monoisotopic (exact) mass is 688 g/mol. The van der Waals surface area contributed by atoms with Crippen LogP contribution in [0.4, 0.5) is 35.1 Å². The van der Waals surface area contributed by atoms with Crippen LogP contribution in [0.1, 0.15) is 89.5 Å². The molecule has 0 amide bonds. The maximum absolute atomic E-state index is 15.2. The number of allylic oxidation sites excluding steroid dienone is 1. The van der Waals surface area contributed by atoms with E-state index in [4.69, 9.17) is 14.2 Å². The van der Waals surface area contributed by atoms with Crippen LogP contribution >= 0.6 is 0 Å². The van der Waals surface area contributed by atoms with Gasteiger partial charge >= 0.3 is 12.3 Å². The lowest BCUT2D eigenvalue weighted by molar-refractivity contribution is -0.232. The van der Waals surface area contributed by atoms with Crippen molar-refractivity contribution in [1.82, 2.24) is 0 Å². The lowest BCUT2D eigenvalue weighted by Gasteiger charge is -2.41. The minimum Gasteiger partial charge on any atom is -0.432 e. The van der Waals surface area contributed by atoms with E-state index in [1.54, 1.807) is 0 Å². The Bertz CT molecular complexity index is 1350. The number of rotatable bonds is 11. The van der Waals surface area contributed by atoms with E-state index in [0.717, 1.165) is 57.5 Å². The van der Waals surface area contributed by atoms with Crippen LogP contribution in [-0.4, -0.2) is 31.8 Å². The Balaban J connectivity index is 1.09. The van der Waals surface area contributed by atoms with Gasteiger partial charge in [-0.1, -0.05) is 26.2 Å². The Kier molecular flexibility index (Phi) is 12.1. The minimum atomic E-state index is -4.78. The molecule has 0 unspecified atom stereocenters. The maximum Gasteiger partial charge on any atom is 0.409 e. The summed E-state index contributed by atoms with van der Waals surface area (Å²) < 4.78 is 129. The molecule has 0 atom stereocenters. The summed E-state index contributed by atoms with van der Waals surface area (Å²) in [6, 6.07) is 4.20. The molecule has 2 saturated carbocycles. The first-order valence-electron chi connectivity index (χ1n) is 17.2. The SMILES string of the molecule is CCCCCC1COC(C2CCC(C3CCC(C(F)(F)Oc4ccc(-c5cc(F)c(C=CC(F)(F)F)c(F)c5)c(F)c4)CC3)CC2)OC1. The van der Waals surface area contributed by atoms with E-state index in [1.165, 1.54) is 19.3 Å². The molecule has 1 heterocycles. The van der Waals surface area contributed by atoms with Gasteiger partial charge in [0, 0.05) is 35.1 Å². The van der Waals surface area contributed by atoms with Crippen molar-refractivity contribution in [2.75, 3.05) is 13.2 Å². The number of ether oxygens (including phenoxy) is 3. The van der Waals surface area contributed by atoms with E-state index in [-0.39, 0.29) is 42.4 Å². The van der Waals surface area contributed by atoms with E-state index in [0.29, 0.717) is 54.7 Å². The molecule has 0 spiro atoms. The first-order valence-corrected chi connectivity index (χ1v) is 17.2. The van der Waals surface area contributed by atoms with Crippen molar-refractivity contribution in [3.63, 3.8) is 0 Å². The van der Waals surface area contributed by atoms with Gasteiger partial charge in [-0.3, -0.25) is 0 Å². The summed E-state index contributed by atoms with van der Waals surface area (Å²) in [5.74, 6) is -3.53. The summed E-state index contributed by atoms with van der Waals surface area (Å²) in [5, 5.41) is 0. The second kappa shape index (κ2) is 15.9. The van der Waals surface area contributed by atoms with Crippen LogP contribution in [0.25, 0.3) is 17.2 Å². The molecule has 0 radical (unpaired) electrons. The van der Waals surface area contributed by atoms with Crippen molar-refractivity contribution in [2.24, 2.45) is 29.6 Å². The highest BCUT2D eigenvalue weighted by Gasteiger charge is 2.45. The molecule has 2 aromatic carbocycles. The third-order valence-corrected chi connectivity index (χ3v) is 10.3. The lowest BCUT2D eigenvalue weighted by Crippen LogP contribution is -2.40. The molecule has 2 aliphatic carbocycles. The molecule has 0 N–H and O–H groups in total. The van der Waals surface area contributed by atoms with E-state index in [2.05, 4.69) is 6.92 Å². The molecule has 1 saturated heterocycles. The Morgan fingerprint density at radius 1 is 0.750 bits per heavy atom. The Morgan fingerprint density at radius 2 is 1.33 bits per heavy atom. The van der Waals surface area contributed by atoms with Crippen molar-refractivity contribution >= 4 is 6.08 Å². The molecule has 5 rings (SSSR count). The van der Waals surface area contributed by atoms with Gasteiger partial charge in [-0.15, -0.1) is 0 Å². The molecule has 0 aromatic heterocycles. The molecule has 11 heteroatoms. The third kappa shape index (κ3) is 9.52. The van der Waals surface area contributed by atoms with Gasteiger partial charge in [-0.05, 0) is 106 Å². The van der Waals surface area contributed by atoms with Gasteiger partial charge in [0.2, 0.25) is 0 Å². The first-order chi connectivity index (χ1) is 22.8. The molecular weight excluding hydrogens is 644 g/mol. The average molecular weight is 689 g/mol. The predicted octanol–water partition coefficient (Wildman–Crippen LogP) is 11.5. The standard InChI is InChI=1S/C37H44F8O3/c1-2-3-4-5-23-21-46-35(47-22-23)26-8-6-24(7-9-26)25-10-12-28(13-11-25)37(44,45)48-29-14-15-30(34(40)20-29)27-18-32(38)31(33(39)19-27)16-17-36(41,42)43/h14-20,23-26,28,35H,2-13,21-22H2,1H3. The van der Waals surface area contributed by atoms with E-state index in [1.807, 2.05) is 0 Å².